The Kier molecular flexibility index (Phi) is 4.57. The fourth-order valence-electron chi connectivity index (χ4n) is 1.87. The van der Waals surface area contributed by atoms with Gasteiger partial charge in [0, 0.05) is 18.5 Å². The highest BCUT2D eigenvalue weighted by atomic mass is 79.9. The van der Waals surface area contributed by atoms with Crippen molar-refractivity contribution in [3.05, 3.63) is 40.2 Å². The zero-order chi connectivity index (χ0) is 14.8. The maximum Gasteiger partial charge on any atom is 0.224 e. The maximum atomic E-state index is 5.86. The summed E-state index contributed by atoms with van der Waals surface area (Å²) in [5, 5.41) is 4.29. The predicted molar refractivity (Wildman–Crippen MR) is 93.5 cm³/mol. The molecule has 0 saturated heterocycles. The fraction of sp³-hybridized carbons (Fsp3) is 0.286. The summed E-state index contributed by atoms with van der Waals surface area (Å²) in [5.74, 6) is 0.660. The Labute approximate surface area is 141 Å². The van der Waals surface area contributed by atoms with Gasteiger partial charge in [0.1, 0.15) is 5.82 Å². The number of aromatic nitrogens is 2. The Morgan fingerprint density at radius 2 is 2.14 bits per heavy atom. The van der Waals surface area contributed by atoms with Crippen molar-refractivity contribution in [2.75, 3.05) is 16.7 Å². The Hall–Kier alpha value is -0.980. The summed E-state index contributed by atoms with van der Waals surface area (Å²) in [6.45, 7) is 0. The topological polar surface area (TPSA) is 41.0 Å². The summed E-state index contributed by atoms with van der Waals surface area (Å²) in [6.07, 6.45) is 4.25. The second kappa shape index (κ2) is 6.42. The summed E-state index contributed by atoms with van der Waals surface area (Å²) in [4.78, 5) is 8.15. The van der Waals surface area contributed by atoms with Crippen LogP contribution in [0.3, 0.4) is 0 Å². The maximum absolute atomic E-state index is 5.86. The van der Waals surface area contributed by atoms with Gasteiger partial charge in [-0.25, -0.2) is 4.98 Å². The van der Waals surface area contributed by atoms with Crippen LogP contribution in [-0.4, -0.2) is 22.3 Å². The largest absolute Gasteiger partial charge is 0.337 e. The van der Waals surface area contributed by atoms with Gasteiger partial charge in [-0.05, 0) is 64.5 Å². The zero-order valence-corrected chi connectivity index (χ0v) is 14.5. The van der Waals surface area contributed by atoms with Gasteiger partial charge in [-0.15, -0.1) is 0 Å². The minimum Gasteiger partial charge on any atom is -0.337 e. The molecule has 1 aromatic carbocycles. The molecule has 110 valence electrons. The second-order valence-electron chi connectivity index (χ2n) is 4.78. The third kappa shape index (κ3) is 3.81. The highest BCUT2D eigenvalue weighted by molar-refractivity contribution is 9.10. The monoisotopic (exact) mass is 384 g/mol. The third-order valence-corrected chi connectivity index (χ3v) is 5.09. The van der Waals surface area contributed by atoms with Crippen LogP contribution in [0.25, 0.3) is 0 Å². The molecule has 3 rings (SSSR count). The molecular weight excluding hydrogens is 372 g/mol. The Morgan fingerprint density at radius 1 is 1.38 bits per heavy atom. The Balaban J connectivity index is 1.85. The molecule has 0 amide bonds. The van der Waals surface area contributed by atoms with Crippen LogP contribution in [-0.2, 0) is 0 Å². The molecule has 0 aliphatic heterocycles. The second-order valence-corrected chi connectivity index (χ2v) is 7.40. The zero-order valence-electron chi connectivity index (χ0n) is 11.4. The number of benzene rings is 1. The molecule has 0 bridgehead atoms. The van der Waals surface area contributed by atoms with Crippen molar-refractivity contribution >= 4 is 56.7 Å². The van der Waals surface area contributed by atoms with Crippen LogP contribution >= 0.6 is 39.5 Å². The molecular formula is C14H14BrClN4S. The van der Waals surface area contributed by atoms with Gasteiger partial charge in [-0.3, -0.25) is 0 Å². The van der Waals surface area contributed by atoms with Crippen molar-refractivity contribution in [1.29, 1.82) is 0 Å². The Bertz CT molecular complexity index is 651. The first-order chi connectivity index (χ1) is 10.1. The molecule has 1 aliphatic carbocycles. The van der Waals surface area contributed by atoms with Crippen LogP contribution in [0.1, 0.15) is 12.8 Å². The summed E-state index contributed by atoms with van der Waals surface area (Å²) >= 11 is 11.2. The third-order valence-electron chi connectivity index (χ3n) is 3.04. The predicted octanol–water partition coefficient (Wildman–Crippen LogP) is 4.88. The minimum atomic E-state index is 0.221. The van der Waals surface area contributed by atoms with Crippen LogP contribution in [0.5, 0.6) is 0 Å². The van der Waals surface area contributed by atoms with Crippen LogP contribution < -0.4 is 9.62 Å². The molecule has 21 heavy (non-hydrogen) atoms. The minimum absolute atomic E-state index is 0.221. The highest BCUT2D eigenvalue weighted by Gasteiger charge is 2.25. The lowest BCUT2D eigenvalue weighted by Gasteiger charge is -2.21. The molecule has 0 radical (unpaired) electrons. The number of rotatable bonds is 5. The van der Waals surface area contributed by atoms with Gasteiger partial charge in [0.2, 0.25) is 5.28 Å². The van der Waals surface area contributed by atoms with Gasteiger partial charge in [0.15, 0.2) is 0 Å². The van der Waals surface area contributed by atoms with Crippen LogP contribution in [0.2, 0.25) is 5.28 Å². The lowest BCUT2D eigenvalue weighted by molar-refractivity contribution is 1.15. The number of hydrogen-bond donors (Lipinski definition) is 1. The molecule has 0 atom stereocenters. The van der Waals surface area contributed by atoms with Crippen molar-refractivity contribution in [2.45, 2.75) is 18.1 Å². The van der Waals surface area contributed by atoms with Gasteiger partial charge in [0.25, 0.3) is 0 Å². The summed E-state index contributed by atoms with van der Waals surface area (Å²) in [6, 6.07) is 8.15. The first-order valence-electron chi connectivity index (χ1n) is 6.58. The fourth-order valence-corrected chi connectivity index (χ4v) is 3.36. The van der Waals surface area contributed by atoms with E-state index >= 15 is 0 Å². The Morgan fingerprint density at radius 3 is 2.90 bits per heavy atom. The molecule has 1 aromatic heterocycles. The smallest absolute Gasteiger partial charge is 0.224 e. The first kappa shape index (κ1) is 14.9. The number of nitrogens with zero attached hydrogens (tertiary/aromatic N) is 3. The molecule has 0 unspecified atom stereocenters. The lowest BCUT2D eigenvalue weighted by atomic mass is 10.2. The van der Waals surface area contributed by atoms with E-state index in [4.69, 9.17) is 11.6 Å². The van der Waals surface area contributed by atoms with Crippen LogP contribution in [0.4, 0.5) is 17.2 Å². The summed E-state index contributed by atoms with van der Waals surface area (Å²) in [5.41, 5.74) is 2.11. The average Bonchev–Trinajstić information content (AvgIpc) is 3.27. The molecule has 4 nitrogen and oxygen atoms in total. The number of anilines is 3. The van der Waals surface area contributed by atoms with Gasteiger partial charge < -0.3 is 9.62 Å². The van der Waals surface area contributed by atoms with Gasteiger partial charge in [-0.2, -0.15) is 4.98 Å². The normalized spacial score (nSPS) is 14.0. The molecule has 1 aliphatic rings. The SMILES string of the molecule is CN(SC1CC1)c1ccccc1Nc1nc(Cl)ncc1Br. The van der Waals surface area contributed by atoms with E-state index in [1.165, 1.54) is 12.8 Å². The molecule has 1 fully saturated rings. The number of halogens is 2. The van der Waals surface area contributed by atoms with E-state index in [1.54, 1.807) is 6.20 Å². The molecule has 2 aromatic rings. The highest BCUT2D eigenvalue weighted by Crippen LogP contribution is 2.40. The molecule has 1 saturated carbocycles. The summed E-state index contributed by atoms with van der Waals surface area (Å²) in [7, 11) is 2.09. The van der Waals surface area contributed by atoms with E-state index in [1.807, 2.05) is 30.1 Å². The average molecular weight is 386 g/mol. The number of hydrogen-bond acceptors (Lipinski definition) is 5. The number of para-hydroxylation sites is 2. The van der Waals surface area contributed by atoms with E-state index in [0.717, 1.165) is 21.1 Å². The van der Waals surface area contributed by atoms with E-state index in [0.29, 0.717) is 5.82 Å². The quantitative estimate of drug-likeness (QED) is 0.586. The van der Waals surface area contributed by atoms with Gasteiger partial charge in [0.05, 0.1) is 15.8 Å². The van der Waals surface area contributed by atoms with Crippen molar-refractivity contribution < 1.29 is 0 Å². The van der Waals surface area contributed by atoms with E-state index in [2.05, 4.69) is 48.6 Å². The standard InChI is InChI=1S/C14H14BrClN4S/c1-20(21-9-6-7-9)12-5-3-2-4-11(12)18-13-10(15)8-17-14(16)19-13/h2-5,8-9H,6-7H2,1H3,(H,17,18,19). The van der Waals surface area contributed by atoms with Crippen LogP contribution in [0.15, 0.2) is 34.9 Å². The van der Waals surface area contributed by atoms with Crippen molar-refractivity contribution in [1.82, 2.24) is 9.97 Å². The van der Waals surface area contributed by atoms with Crippen molar-refractivity contribution in [3.63, 3.8) is 0 Å². The van der Waals surface area contributed by atoms with E-state index < -0.39 is 0 Å². The lowest BCUT2D eigenvalue weighted by Crippen LogP contribution is -2.10. The first-order valence-corrected chi connectivity index (χ1v) is 8.59. The van der Waals surface area contributed by atoms with Crippen molar-refractivity contribution in [2.24, 2.45) is 0 Å². The molecule has 1 heterocycles. The van der Waals surface area contributed by atoms with E-state index in [-0.39, 0.29) is 5.28 Å². The van der Waals surface area contributed by atoms with Crippen molar-refractivity contribution in [3.8, 4) is 0 Å². The van der Waals surface area contributed by atoms with Gasteiger partial charge >= 0.3 is 0 Å². The number of nitrogens with one attached hydrogen (secondary N) is 1. The molecule has 7 heteroatoms. The molecule has 1 N–H and O–H groups in total. The molecule has 0 spiro atoms. The summed E-state index contributed by atoms with van der Waals surface area (Å²) < 4.78 is 2.98. The van der Waals surface area contributed by atoms with Gasteiger partial charge in [-0.1, -0.05) is 12.1 Å². The van der Waals surface area contributed by atoms with Crippen LogP contribution in [0, 0.1) is 0 Å². The van der Waals surface area contributed by atoms with E-state index in [9.17, 15) is 0 Å².